The molecule has 0 amide bonds. The van der Waals surface area contributed by atoms with Gasteiger partial charge in [-0.1, -0.05) is 6.42 Å². The van der Waals surface area contributed by atoms with E-state index in [9.17, 15) is 18.0 Å². The fourth-order valence-corrected chi connectivity index (χ4v) is 3.88. The number of Topliss-reactive ketones (excluding diaryl/α,β-unsaturated/α-hetero) is 1. The van der Waals surface area contributed by atoms with E-state index < -0.39 is 18.0 Å². The highest BCUT2D eigenvalue weighted by atomic mass is 79.9. The Bertz CT molecular complexity index is 441. The Morgan fingerprint density at radius 3 is 2.61 bits per heavy atom. The highest BCUT2D eigenvalue weighted by Gasteiger charge is 2.43. The average molecular weight is 341 g/mol. The maximum absolute atomic E-state index is 12.7. The van der Waals surface area contributed by atoms with Crippen LogP contribution in [0.3, 0.4) is 0 Å². The largest absolute Gasteiger partial charge is 0.391 e. The van der Waals surface area contributed by atoms with E-state index in [-0.39, 0.29) is 18.6 Å². The van der Waals surface area contributed by atoms with Crippen molar-refractivity contribution in [2.45, 2.75) is 31.9 Å². The van der Waals surface area contributed by atoms with Crippen LogP contribution in [0.25, 0.3) is 0 Å². The number of carbonyl (C=O) groups excluding carboxylic acids is 1. The number of rotatable bonds is 2. The minimum atomic E-state index is -4.18. The summed E-state index contributed by atoms with van der Waals surface area (Å²) in [4.78, 5) is 12.2. The summed E-state index contributed by atoms with van der Waals surface area (Å²) in [5.41, 5.74) is 0.521. The molecule has 100 valence electrons. The van der Waals surface area contributed by atoms with Crippen LogP contribution in [0.2, 0.25) is 0 Å². The van der Waals surface area contributed by atoms with E-state index in [0.29, 0.717) is 22.9 Å². The van der Waals surface area contributed by atoms with Gasteiger partial charge in [0.05, 0.1) is 5.92 Å². The summed E-state index contributed by atoms with van der Waals surface area (Å²) in [5.74, 6) is -1.97. The summed E-state index contributed by atoms with van der Waals surface area (Å²) >= 11 is 4.63. The third-order valence-electron chi connectivity index (χ3n) is 3.39. The first-order valence-corrected chi connectivity index (χ1v) is 7.45. The van der Waals surface area contributed by atoms with E-state index in [1.54, 1.807) is 10.8 Å². The lowest BCUT2D eigenvalue weighted by Gasteiger charge is -2.29. The number of alkyl halides is 3. The molecular weight excluding hydrogens is 329 g/mol. The average Bonchev–Trinajstić information content (AvgIpc) is 2.73. The van der Waals surface area contributed by atoms with E-state index in [1.165, 1.54) is 11.3 Å². The van der Waals surface area contributed by atoms with Gasteiger partial charge in [-0.2, -0.15) is 24.5 Å². The first-order valence-electron chi connectivity index (χ1n) is 5.72. The zero-order valence-corrected chi connectivity index (χ0v) is 11.9. The maximum atomic E-state index is 12.7. The molecular formula is C12H12BrF3OS. The van der Waals surface area contributed by atoms with Gasteiger partial charge in [0.2, 0.25) is 0 Å². The van der Waals surface area contributed by atoms with Gasteiger partial charge in [0, 0.05) is 26.7 Å². The van der Waals surface area contributed by atoms with Gasteiger partial charge < -0.3 is 0 Å². The topological polar surface area (TPSA) is 17.1 Å². The normalized spacial score (nSPS) is 25.1. The Morgan fingerprint density at radius 2 is 2.06 bits per heavy atom. The maximum Gasteiger partial charge on any atom is 0.391 e. The molecule has 1 aliphatic rings. The Morgan fingerprint density at radius 1 is 1.33 bits per heavy atom. The molecule has 0 aromatic carbocycles. The quantitative estimate of drug-likeness (QED) is 0.687. The van der Waals surface area contributed by atoms with Crippen molar-refractivity contribution in [2.75, 3.05) is 0 Å². The van der Waals surface area contributed by atoms with Crippen LogP contribution in [0.15, 0.2) is 15.2 Å². The highest BCUT2D eigenvalue weighted by Crippen LogP contribution is 2.41. The van der Waals surface area contributed by atoms with Gasteiger partial charge in [-0.05, 0) is 35.2 Å². The third kappa shape index (κ3) is 2.96. The molecule has 0 radical (unpaired) electrons. The van der Waals surface area contributed by atoms with Crippen LogP contribution in [0.4, 0.5) is 13.2 Å². The first-order chi connectivity index (χ1) is 8.39. The molecule has 0 bridgehead atoms. The van der Waals surface area contributed by atoms with Gasteiger partial charge in [-0.25, -0.2) is 0 Å². The first kappa shape index (κ1) is 14.1. The number of ketones is 1. The van der Waals surface area contributed by atoms with Gasteiger partial charge in [0.1, 0.15) is 0 Å². The lowest BCUT2D eigenvalue weighted by atomic mass is 9.78. The van der Waals surface area contributed by atoms with E-state index in [2.05, 4.69) is 15.9 Å². The molecule has 0 N–H and O–H groups in total. The minimum Gasteiger partial charge on any atom is -0.294 e. The molecule has 1 heterocycles. The summed E-state index contributed by atoms with van der Waals surface area (Å²) in [7, 11) is 0. The molecule has 2 atom stereocenters. The molecule has 1 nitrogen and oxygen atoms in total. The van der Waals surface area contributed by atoms with Crippen molar-refractivity contribution >= 4 is 33.0 Å². The van der Waals surface area contributed by atoms with Gasteiger partial charge in [0.15, 0.2) is 5.78 Å². The van der Waals surface area contributed by atoms with E-state index >= 15 is 0 Å². The summed E-state index contributed by atoms with van der Waals surface area (Å²) in [6, 6.07) is 0. The van der Waals surface area contributed by atoms with E-state index in [4.69, 9.17) is 0 Å². The molecule has 6 heteroatoms. The summed E-state index contributed by atoms with van der Waals surface area (Å²) in [5, 5.41) is 3.47. The van der Waals surface area contributed by atoms with Crippen LogP contribution in [0, 0.1) is 11.8 Å². The lowest BCUT2D eigenvalue weighted by molar-refractivity contribution is -0.184. The summed E-state index contributed by atoms with van der Waals surface area (Å²) in [6.45, 7) is 0. The van der Waals surface area contributed by atoms with Crippen molar-refractivity contribution in [2.24, 2.45) is 11.8 Å². The van der Waals surface area contributed by atoms with Gasteiger partial charge in [0.25, 0.3) is 0 Å². The van der Waals surface area contributed by atoms with E-state index in [0.717, 1.165) is 0 Å². The fraction of sp³-hybridized carbons (Fsp3) is 0.583. The van der Waals surface area contributed by atoms with Crippen molar-refractivity contribution in [1.82, 2.24) is 0 Å². The lowest BCUT2D eigenvalue weighted by Crippen LogP contribution is -2.31. The summed E-state index contributed by atoms with van der Waals surface area (Å²) in [6.07, 6.45) is -3.05. The zero-order valence-electron chi connectivity index (χ0n) is 9.47. The Hall–Kier alpha value is -0.360. The van der Waals surface area contributed by atoms with Crippen molar-refractivity contribution in [3.63, 3.8) is 0 Å². The standard InChI is InChI=1S/C12H12BrF3OS/c13-10-6-18-5-9(10)11(17)7-2-1-3-8(4-7)12(14,15)16/h5-8H,1-4H2. The van der Waals surface area contributed by atoms with Crippen LogP contribution < -0.4 is 0 Å². The molecule has 2 rings (SSSR count). The Balaban J connectivity index is 2.10. The molecule has 1 aromatic heterocycles. The predicted molar refractivity (Wildman–Crippen MR) is 67.9 cm³/mol. The SMILES string of the molecule is O=C(c1cscc1Br)C1CCCC(C(F)(F)F)C1. The van der Waals surface area contributed by atoms with Gasteiger partial charge in [-0.3, -0.25) is 4.79 Å². The van der Waals surface area contributed by atoms with Crippen LogP contribution in [0.1, 0.15) is 36.0 Å². The van der Waals surface area contributed by atoms with Crippen molar-refractivity contribution in [1.29, 1.82) is 0 Å². The zero-order chi connectivity index (χ0) is 13.3. The van der Waals surface area contributed by atoms with Crippen molar-refractivity contribution < 1.29 is 18.0 Å². The van der Waals surface area contributed by atoms with Gasteiger partial charge in [-0.15, -0.1) is 0 Å². The predicted octanol–water partition coefficient (Wildman–Crippen LogP) is 5.06. The van der Waals surface area contributed by atoms with Crippen LogP contribution >= 0.6 is 27.3 Å². The van der Waals surface area contributed by atoms with Crippen LogP contribution in [-0.4, -0.2) is 12.0 Å². The van der Waals surface area contributed by atoms with Crippen molar-refractivity contribution in [3.8, 4) is 0 Å². The molecule has 1 fully saturated rings. The molecule has 0 saturated heterocycles. The number of carbonyl (C=O) groups is 1. The summed E-state index contributed by atoms with van der Waals surface area (Å²) < 4.78 is 38.7. The Labute approximate surface area is 116 Å². The number of thiophene rings is 1. The highest BCUT2D eigenvalue weighted by molar-refractivity contribution is 9.10. The fourth-order valence-electron chi connectivity index (χ4n) is 2.40. The minimum absolute atomic E-state index is 0.0649. The van der Waals surface area contributed by atoms with Crippen LogP contribution in [-0.2, 0) is 0 Å². The van der Waals surface area contributed by atoms with E-state index in [1.807, 2.05) is 0 Å². The second-order valence-electron chi connectivity index (χ2n) is 4.60. The number of halogens is 4. The van der Waals surface area contributed by atoms with Crippen LogP contribution in [0.5, 0.6) is 0 Å². The molecule has 18 heavy (non-hydrogen) atoms. The number of hydrogen-bond donors (Lipinski definition) is 0. The molecule has 0 spiro atoms. The van der Waals surface area contributed by atoms with Crippen molar-refractivity contribution in [3.05, 3.63) is 20.8 Å². The second-order valence-corrected chi connectivity index (χ2v) is 6.20. The smallest absolute Gasteiger partial charge is 0.294 e. The molecule has 1 aromatic rings. The number of hydrogen-bond acceptors (Lipinski definition) is 2. The molecule has 0 aliphatic heterocycles. The third-order valence-corrected chi connectivity index (χ3v) is 5.09. The second kappa shape index (κ2) is 5.33. The molecule has 2 unspecified atom stereocenters. The Kier molecular flexibility index (Phi) is 4.16. The molecule has 1 saturated carbocycles. The van der Waals surface area contributed by atoms with Gasteiger partial charge >= 0.3 is 6.18 Å². The molecule has 1 aliphatic carbocycles. The monoisotopic (exact) mass is 340 g/mol.